The summed E-state index contributed by atoms with van der Waals surface area (Å²) in [5, 5.41) is 12.3. The van der Waals surface area contributed by atoms with Crippen molar-refractivity contribution in [3.63, 3.8) is 0 Å². The van der Waals surface area contributed by atoms with Crippen LogP contribution in [0.2, 0.25) is 0 Å². The third kappa shape index (κ3) is 6.36. The number of pyridine rings is 1. The number of aromatic nitrogens is 3. The van der Waals surface area contributed by atoms with Crippen LogP contribution in [0.15, 0.2) is 146 Å². The zero-order valence-electron chi connectivity index (χ0n) is 36.6. The SMILES string of the molecule is CC(C)(C)c1cc(-c2nc3c(-c4cc(-c5nccc6c5-c5ccccc5C6(C)C)cc(C(C)(C)c5ccccc5)c4)cccc3n2-c2ccccc2)c(O)c(C(C)(C)C)c1. The monoisotopic (exact) mass is 785 g/mol. The van der Waals surface area contributed by atoms with E-state index in [4.69, 9.17) is 9.97 Å². The minimum absolute atomic E-state index is 0.150. The second-order valence-electron chi connectivity index (χ2n) is 19.7. The minimum atomic E-state index is -0.327. The summed E-state index contributed by atoms with van der Waals surface area (Å²) in [5.74, 6) is 0.978. The Morgan fingerprint density at radius 3 is 1.90 bits per heavy atom. The molecule has 0 spiro atoms. The Morgan fingerprint density at radius 1 is 0.550 bits per heavy atom. The summed E-state index contributed by atoms with van der Waals surface area (Å²) in [6.07, 6.45) is 1.98. The third-order valence-electron chi connectivity index (χ3n) is 13.0. The predicted octanol–water partition coefficient (Wildman–Crippen LogP) is 14.4. The smallest absolute Gasteiger partial charge is 0.149 e. The molecule has 1 aliphatic rings. The first-order valence-corrected chi connectivity index (χ1v) is 21.2. The summed E-state index contributed by atoms with van der Waals surface area (Å²) in [7, 11) is 0. The second-order valence-corrected chi connectivity index (χ2v) is 19.7. The van der Waals surface area contributed by atoms with Crippen LogP contribution in [0.3, 0.4) is 0 Å². The number of para-hydroxylation sites is 2. The van der Waals surface area contributed by atoms with E-state index in [1.54, 1.807) is 0 Å². The number of fused-ring (bicyclic) bond motifs is 4. The summed E-state index contributed by atoms with van der Waals surface area (Å²) in [6, 6.07) is 50.0. The van der Waals surface area contributed by atoms with Crippen molar-refractivity contribution in [1.82, 2.24) is 14.5 Å². The lowest BCUT2D eigenvalue weighted by molar-refractivity contribution is 0.446. The molecule has 1 N–H and O–H groups in total. The summed E-state index contributed by atoms with van der Waals surface area (Å²) in [4.78, 5) is 10.8. The highest BCUT2D eigenvalue weighted by Crippen LogP contribution is 2.52. The van der Waals surface area contributed by atoms with Crippen molar-refractivity contribution in [3.05, 3.63) is 179 Å². The van der Waals surface area contributed by atoms with Crippen LogP contribution in [-0.4, -0.2) is 19.6 Å². The summed E-state index contributed by atoms with van der Waals surface area (Å²) < 4.78 is 2.22. The highest BCUT2D eigenvalue weighted by atomic mass is 16.3. The van der Waals surface area contributed by atoms with Gasteiger partial charge < -0.3 is 5.11 Å². The van der Waals surface area contributed by atoms with Crippen LogP contribution in [-0.2, 0) is 21.7 Å². The van der Waals surface area contributed by atoms with Gasteiger partial charge in [0, 0.05) is 45.0 Å². The van der Waals surface area contributed by atoms with Gasteiger partial charge in [0.25, 0.3) is 0 Å². The molecular weight excluding hydrogens is 731 g/mol. The fourth-order valence-electron chi connectivity index (χ4n) is 9.33. The molecule has 300 valence electrons. The van der Waals surface area contributed by atoms with E-state index in [9.17, 15) is 5.11 Å². The Labute approximate surface area is 355 Å². The first-order valence-electron chi connectivity index (χ1n) is 21.2. The van der Waals surface area contributed by atoms with E-state index in [-0.39, 0.29) is 27.4 Å². The van der Waals surface area contributed by atoms with Gasteiger partial charge in [-0.2, -0.15) is 0 Å². The molecule has 0 radical (unpaired) electrons. The molecule has 0 amide bonds. The molecule has 9 rings (SSSR count). The van der Waals surface area contributed by atoms with Crippen molar-refractivity contribution in [1.29, 1.82) is 0 Å². The maximum Gasteiger partial charge on any atom is 0.149 e. The molecule has 6 aromatic carbocycles. The van der Waals surface area contributed by atoms with Gasteiger partial charge in [-0.15, -0.1) is 0 Å². The highest BCUT2D eigenvalue weighted by molar-refractivity contribution is 5.98. The Bertz CT molecular complexity index is 2940. The summed E-state index contributed by atoms with van der Waals surface area (Å²) >= 11 is 0. The maximum absolute atomic E-state index is 12.3. The number of hydrogen-bond donors (Lipinski definition) is 1. The molecule has 0 saturated heterocycles. The molecule has 60 heavy (non-hydrogen) atoms. The van der Waals surface area contributed by atoms with E-state index < -0.39 is 0 Å². The van der Waals surface area contributed by atoms with Crippen molar-refractivity contribution in [3.8, 4) is 56.3 Å². The van der Waals surface area contributed by atoms with Gasteiger partial charge in [0.15, 0.2) is 0 Å². The first kappa shape index (κ1) is 39.2. The van der Waals surface area contributed by atoms with Crippen LogP contribution in [0, 0.1) is 0 Å². The number of aromatic hydroxyl groups is 1. The Balaban J connectivity index is 1.35. The lowest BCUT2D eigenvalue weighted by Gasteiger charge is -2.28. The van der Waals surface area contributed by atoms with Crippen molar-refractivity contribution in [2.45, 2.75) is 90.9 Å². The van der Waals surface area contributed by atoms with Crippen molar-refractivity contribution >= 4 is 11.0 Å². The molecule has 0 saturated carbocycles. The van der Waals surface area contributed by atoms with Gasteiger partial charge in [0.05, 0.1) is 22.3 Å². The van der Waals surface area contributed by atoms with Crippen LogP contribution in [0.1, 0.15) is 103 Å². The molecule has 0 atom stereocenters. The lowest BCUT2D eigenvalue weighted by Crippen LogP contribution is -2.19. The van der Waals surface area contributed by atoms with E-state index in [1.165, 1.54) is 33.4 Å². The van der Waals surface area contributed by atoms with Gasteiger partial charge in [-0.1, -0.05) is 166 Å². The van der Waals surface area contributed by atoms with Gasteiger partial charge in [-0.05, 0) is 92.2 Å². The average molecular weight is 786 g/mol. The first-order chi connectivity index (χ1) is 28.5. The van der Waals surface area contributed by atoms with E-state index in [1.807, 2.05) is 12.3 Å². The predicted molar refractivity (Wildman–Crippen MR) is 250 cm³/mol. The number of imidazole rings is 1. The number of phenolic OH excluding ortho intramolecular Hbond substituents is 1. The van der Waals surface area contributed by atoms with Gasteiger partial charge in [0.1, 0.15) is 11.6 Å². The van der Waals surface area contributed by atoms with Crippen molar-refractivity contribution < 1.29 is 5.11 Å². The summed E-state index contributed by atoms with van der Waals surface area (Å²) in [5.41, 5.74) is 16.3. The average Bonchev–Trinajstić information content (AvgIpc) is 3.73. The van der Waals surface area contributed by atoms with Gasteiger partial charge >= 0.3 is 0 Å². The Hall–Kier alpha value is -6.26. The number of benzene rings is 6. The van der Waals surface area contributed by atoms with Gasteiger partial charge in [-0.25, -0.2) is 4.98 Å². The zero-order valence-corrected chi connectivity index (χ0v) is 36.6. The quantitative estimate of drug-likeness (QED) is 0.183. The molecule has 2 heterocycles. The zero-order chi connectivity index (χ0) is 42.4. The number of phenols is 1. The number of hydrogen-bond acceptors (Lipinski definition) is 3. The van der Waals surface area contributed by atoms with E-state index in [0.29, 0.717) is 5.82 Å². The van der Waals surface area contributed by atoms with Gasteiger partial charge in [0.2, 0.25) is 0 Å². The standard InChI is InChI=1S/C56H55N3O/c1-53(2,3)38-33-43(51(60)46(34-38)54(4,5)6)52-58-50-41(25-19-27-47(50)59(52)40-22-15-12-16-23-40)35-30-36(32-39(31-35)55(7,8)37-20-13-11-14-21-37)49-48-42-24-17-18-26-44(42)56(9,10)45(48)28-29-57-49/h11-34,60H,1-10H3. The van der Waals surface area contributed by atoms with Crippen molar-refractivity contribution in [2.75, 3.05) is 0 Å². The molecule has 1 aliphatic carbocycles. The van der Waals surface area contributed by atoms with Gasteiger partial charge in [-0.3, -0.25) is 9.55 Å². The fourth-order valence-corrected chi connectivity index (χ4v) is 9.33. The molecule has 2 aromatic heterocycles. The van der Waals surface area contributed by atoms with Crippen LogP contribution < -0.4 is 0 Å². The largest absolute Gasteiger partial charge is 0.507 e. The number of rotatable bonds is 6. The topological polar surface area (TPSA) is 50.9 Å². The molecule has 0 fully saturated rings. The van der Waals surface area contributed by atoms with Crippen molar-refractivity contribution in [2.24, 2.45) is 0 Å². The summed E-state index contributed by atoms with van der Waals surface area (Å²) in [6.45, 7) is 22.4. The van der Waals surface area contributed by atoms with E-state index in [0.717, 1.165) is 55.8 Å². The normalized spacial score (nSPS) is 13.7. The van der Waals surface area contributed by atoms with Crippen LogP contribution >= 0.6 is 0 Å². The molecule has 0 aliphatic heterocycles. The van der Waals surface area contributed by atoms with Crippen LogP contribution in [0.5, 0.6) is 5.75 Å². The molecule has 4 nitrogen and oxygen atoms in total. The Morgan fingerprint density at radius 2 is 1.20 bits per heavy atom. The van der Waals surface area contributed by atoms with E-state index >= 15 is 0 Å². The van der Waals surface area contributed by atoms with E-state index in [2.05, 4.69) is 207 Å². The molecule has 0 unspecified atom stereocenters. The second kappa shape index (κ2) is 13.9. The Kier molecular flexibility index (Phi) is 9.09. The number of nitrogens with zero attached hydrogens (tertiary/aromatic N) is 3. The molecular formula is C56H55N3O. The fraction of sp³-hybridized carbons (Fsp3) is 0.250. The molecule has 4 heteroatoms. The molecule has 8 aromatic rings. The lowest BCUT2D eigenvalue weighted by atomic mass is 9.76. The maximum atomic E-state index is 12.3. The van der Waals surface area contributed by atoms with Crippen LogP contribution in [0.25, 0.3) is 61.6 Å². The highest BCUT2D eigenvalue weighted by Gasteiger charge is 2.38. The third-order valence-corrected chi connectivity index (χ3v) is 13.0. The molecule has 0 bridgehead atoms. The minimum Gasteiger partial charge on any atom is -0.507 e. The van der Waals surface area contributed by atoms with Crippen LogP contribution in [0.4, 0.5) is 0 Å².